The number of sulfonamides is 1. The van der Waals surface area contributed by atoms with Gasteiger partial charge in [0.2, 0.25) is 11.6 Å². The van der Waals surface area contributed by atoms with Gasteiger partial charge in [-0.05, 0) is 38.1 Å². The predicted molar refractivity (Wildman–Crippen MR) is 103 cm³/mol. The molecule has 1 amide bonds. The number of nitrogens with zero attached hydrogens (tertiary/aromatic N) is 3. The molecule has 13 nitrogen and oxygen atoms in total. The lowest BCUT2D eigenvalue weighted by Crippen LogP contribution is -2.15. The van der Waals surface area contributed by atoms with E-state index in [2.05, 4.69) is 25.4 Å². The molecule has 0 fully saturated rings. The van der Waals surface area contributed by atoms with Gasteiger partial charge < -0.3 is 14.6 Å². The Hall–Kier alpha value is -3.94. The van der Waals surface area contributed by atoms with Crippen LogP contribution in [-0.2, 0) is 10.0 Å². The number of ether oxygens (including phenoxy) is 1. The minimum Gasteiger partial charge on any atom is -0.475 e. The quantitative estimate of drug-likeness (QED) is 0.368. The third-order valence-electron chi connectivity index (χ3n) is 4.12. The molecule has 158 valence electrons. The highest BCUT2D eigenvalue weighted by molar-refractivity contribution is 7.92. The average molecular weight is 436 g/mol. The van der Waals surface area contributed by atoms with Crippen LogP contribution in [0.25, 0.3) is 0 Å². The average Bonchev–Trinajstić information content (AvgIpc) is 3.27. The molecule has 30 heavy (non-hydrogen) atoms. The van der Waals surface area contributed by atoms with Crippen LogP contribution in [0.3, 0.4) is 0 Å². The summed E-state index contributed by atoms with van der Waals surface area (Å²) in [7, 11) is -2.78. The number of H-pyrrole nitrogens is 1. The minimum absolute atomic E-state index is 0.00498. The fourth-order valence-corrected chi connectivity index (χ4v) is 3.44. The van der Waals surface area contributed by atoms with E-state index in [-0.39, 0.29) is 22.3 Å². The lowest BCUT2D eigenvalue weighted by atomic mass is 10.3. The molecule has 1 aromatic carbocycles. The number of nitrogens with one attached hydrogen (secondary N) is 3. The molecule has 0 saturated carbocycles. The summed E-state index contributed by atoms with van der Waals surface area (Å²) in [5.41, 5.74) is 0.283. The number of nitro groups is 1. The molecular formula is C16H16N6O7S. The zero-order valence-corrected chi connectivity index (χ0v) is 16.7. The van der Waals surface area contributed by atoms with E-state index in [1.54, 1.807) is 13.8 Å². The largest absolute Gasteiger partial charge is 0.475 e. The van der Waals surface area contributed by atoms with E-state index in [9.17, 15) is 23.3 Å². The number of benzene rings is 1. The first-order valence-corrected chi connectivity index (χ1v) is 9.76. The van der Waals surface area contributed by atoms with Crippen molar-refractivity contribution in [1.82, 2.24) is 15.4 Å². The second kappa shape index (κ2) is 7.82. The maximum atomic E-state index is 12.5. The summed E-state index contributed by atoms with van der Waals surface area (Å²) >= 11 is 0. The highest BCUT2D eigenvalue weighted by atomic mass is 32.2. The molecule has 3 rings (SSSR count). The Labute approximate surface area is 169 Å². The van der Waals surface area contributed by atoms with E-state index in [4.69, 9.17) is 9.26 Å². The molecule has 2 heterocycles. The van der Waals surface area contributed by atoms with Gasteiger partial charge in [-0.3, -0.25) is 20.0 Å². The molecule has 0 spiro atoms. The summed E-state index contributed by atoms with van der Waals surface area (Å²) in [6.45, 7) is 3.33. The highest BCUT2D eigenvalue weighted by Crippen LogP contribution is 2.28. The smallest absolute Gasteiger partial charge is 0.362 e. The number of aromatic nitrogens is 3. The molecule has 0 aliphatic rings. The molecule has 0 atom stereocenters. The van der Waals surface area contributed by atoms with E-state index in [1.807, 2.05) is 0 Å². The molecule has 0 radical (unpaired) electrons. The van der Waals surface area contributed by atoms with Crippen molar-refractivity contribution in [3.05, 3.63) is 51.3 Å². The maximum absolute atomic E-state index is 12.5. The molecule has 2 aromatic heterocycles. The predicted octanol–water partition coefficient (Wildman–Crippen LogP) is 1.98. The van der Waals surface area contributed by atoms with Crippen LogP contribution < -0.4 is 14.8 Å². The Morgan fingerprint density at radius 3 is 2.47 bits per heavy atom. The topological polar surface area (TPSA) is 182 Å². The number of aromatic amines is 1. The van der Waals surface area contributed by atoms with Gasteiger partial charge in [-0.2, -0.15) is 0 Å². The van der Waals surface area contributed by atoms with Crippen LogP contribution in [0, 0.1) is 24.0 Å². The Balaban J connectivity index is 1.78. The van der Waals surface area contributed by atoms with Crippen molar-refractivity contribution in [1.29, 1.82) is 0 Å². The Kier molecular flexibility index (Phi) is 5.42. The van der Waals surface area contributed by atoms with Crippen LogP contribution in [0.4, 0.5) is 17.3 Å². The highest BCUT2D eigenvalue weighted by Gasteiger charge is 2.30. The van der Waals surface area contributed by atoms with E-state index in [0.717, 1.165) is 0 Å². The normalized spacial score (nSPS) is 11.2. The molecule has 0 saturated heterocycles. The van der Waals surface area contributed by atoms with Gasteiger partial charge in [0.05, 0.1) is 22.6 Å². The van der Waals surface area contributed by atoms with E-state index < -0.39 is 32.2 Å². The van der Waals surface area contributed by atoms with E-state index in [1.165, 1.54) is 31.4 Å². The Morgan fingerprint density at radius 1 is 1.27 bits per heavy atom. The summed E-state index contributed by atoms with van der Waals surface area (Å²) in [6.07, 6.45) is 0. The van der Waals surface area contributed by atoms with Crippen molar-refractivity contribution >= 4 is 33.2 Å². The number of hydrogen-bond donors (Lipinski definition) is 3. The third-order valence-corrected chi connectivity index (χ3v) is 5.47. The molecule has 0 aliphatic heterocycles. The van der Waals surface area contributed by atoms with E-state index >= 15 is 0 Å². The van der Waals surface area contributed by atoms with Crippen LogP contribution in [0.1, 0.15) is 21.7 Å². The molecule has 14 heteroatoms. The zero-order chi connectivity index (χ0) is 22.1. The van der Waals surface area contributed by atoms with Crippen LogP contribution in [0.5, 0.6) is 5.88 Å². The van der Waals surface area contributed by atoms with Crippen LogP contribution in [-0.4, -0.2) is 41.7 Å². The first kappa shape index (κ1) is 20.8. The van der Waals surface area contributed by atoms with Crippen molar-refractivity contribution in [2.45, 2.75) is 18.7 Å². The van der Waals surface area contributed by atoms with Gasteiger partial charge in [0.15, 0.2) is 0 Å². The fraction of sp³-hybridized carbons (Fsp3) is 0.188. The van der Waals surface area contributed by atoms with Crippen molar-refractivity contribution in [3.63, 3.8) is 0 Å². The summed E-state index contributed by atoms with van der Waals surface area (Å²) in [4.78, 5) is 22.6. The van der Waals surface area contributed by atoms with Crippen molar-refractivity contribution in [2.24, 2.45) is 0 Å². The van der Waals surface area contributed by atoms with Crippen LogP contribution in [0.2, 0.25) is 0 Å². The van der Waals surface area contributed by atoms with Crippen molar-refractivity contribution in [3.8, 4) is 5.88 Å². The lowest BCUT2D eigenvalue weighted by molar-refractivity contribution is -0.386. The van der Waals surface area contributed by atoms with Crippen LogP contribution in [0.15, 0.2) is 33.7 Å². The van der Waals surface area contributed by atoms with Crippen molar-refractivity contribution in [2.75, 3.05) is 17.1 Å². The number of carbonyl (C=O) groups is 1. The molecule has 3 aromatic rings. The Bertz CT molecular complexity index is 1210. The molecule has 0 unspecified atom stereocenters. The van der Waals surface area contributed by atoms with E-state index in [0.29, 0.717) is 11.3 Å². The number of methoxy groups -OCH3 is 1. The maximum Gasteiger partial charge on any atom is 0.362 e. The number of hydrogen-bond acceptors (Lipinski definition) is 9. The standard InChI is InChI=1S/C16H16N6O7S/c1-8-9(2)20-29-15(8)21-30(26,27)11-6-4-10(5-7-11)17-14(23)12-13(22(24)25)16(28-3)19-18-12/h4-7,21H,1-3H3,(H,17,23)(H,18,19). The summed E-state index contributed by atoms with van der Waals surface area (Å²) < 4.78 is 37.0. The minimum atomic E-state index is -3.96. The molecule has 0 aliphatic carbocycles. The lowest BCUT2D eigenvalue weighted by Gasteiger charge is -2.08. The molecular weight excluding hydrogens is 420 g/mol. The number of amides is 1. The zero-order valence-electron chi connectivity index (χ0n) is 15.9. The van der Waals surface area contributed by atoms with Gasteiger partial charge in [0.1, 0.15) is 0 Å². The van der Waals surface area contributed by atoms with Gasteiger partial charge in [-0.25, -0.2) is 13.1 Å². The van der Waals surface area contributed by atoms with Gasteiger partial charge in [-0.1, -0.05) is 5.16 Å². The summed E-state index contributed by atoms with van der Waals surface area (Å²) in [5.74, 6) is -1.18. The van der Waals surface area contributed by atoms with Gasteiger partial charge in [0.25, 0.3) is 15.9 Å². The van der Waals surface area contributed by atoms with Gasteiger partial charge >= 0.3 is 11.6 Å². The molecule has 0 bridgehead atoms. The number of carbonyl (C=O) groups excluding carboxylic acids is 1. The summed E-state index contributed by atoms with van der Waals surface area (Å²) in [6, 6.07) is 5.14. The third kappa shape index (κ3) is 3.93. The first-order valence-electron chi connectivity index (χ1n) is 8.28. The van der Waals surface area contributed by atoms with Gasteiger partial charge in [0, 0.05) is 11.3 Å². The second-order valence-corrected chi connectivity index (χ2v) is 7.70. The Morgan fingerprint density at radius 2 is 1.93 bits per heavy atom. The first-order chi connectivity index (χ1) is 14.1. The van der Waals surface area contributed by atoms with Gasteiger partial charge in [-0.15, -0.1) is 5.10 Å². The number of anilines is 2. The number of aryl methyl sites for hydroxylation is 1. The van der Waals surface area contributed by atoms with Crippen molar-refractivity contribution < 1.29 is 27.4 Å². The molecule has 3 N–H and O–H groups in total. The second-order valence-electron chi connectivity index (χ2n) is 6.02. The van der Waals surface area contributed by atoms with Crippen LogP contribution >= 0.6 is 0 Å². The summed E-state index contributed by atoms with van der Waals surface area (Å²) in [5, 5.41) is 23.1. The SMILES string of the molecule is COc1n[nH]c(C(=O)Nc2ccc(S(=O)(=O)Nc3onc(C)c3C)cc2)c1[N+](=O)[O-]. The number of rotatable bonds is 7. The fourth-order valence-electron chi connectivity index (χ4n) is 2.39. The monoisotopic (exact) mass is 436 g/mol.